The second-order valence-corrected chi connectivity index (χ2v) is 4.44. The summed E-state index contributed by atoms with van der Waals surface area (Å²) < 4.78 is 0. The summed E-state index contributed by atoms with van der Waals surface area (Å²) in [6.07, 6.45) is 1.05. The Balaban J connectivity index is 0. The van der Waals surface area contributed by atoms with Crippen LogP contribution in [0.5, 0.6) is 0 Å². The first-order valence-corrected chi connectivity index (χ1v) is 5.79. The highest BCUT2D eigenvalue weighted by Crippen LogP contribution is 2.33. The van der Waals surface area contributed by atoms with Gasteiger partial charge in [-0.3, -0.25) is 10.1 Å². The SMILES string of the molecule is Cl.Cl.NCC(N)CCc1c(Cl)ccc([N+](=O)[O-])c1Cl. The van der Waals surface area contributed by atoms with Crippen LogP contribution in [-0.4, -0.2) is 17.5 Å². The second kappa shape index (κ2) is 9.58. The Morgan fingerprint density at radius 1 is 1.32 bits per heavy atom. The fourth-order valence-electron chi connectivity index (χ4n) is 1.40. The molecule has 0 aliphatic carbocycles. The molecule has 5 nitrogen and oxygen atoms in total. The summed E-state index contributed by atoms with van der Waals surface area (Å²) >= 11 is 11.9. The van der Waals surface area contributed by atoms with Crippen molar-refractivity contribution < 1.29 is 4.92 Å². The van der Waals surface area contributed by atoms with Gasteiger partial charge in [-0.2, -0.15) is 0 Å². The highest BCUT2D eigenvalue weighted by molar-refractivity contribution is 6.37. The summed E-state index contributed by atoms with van der Waals surface area (Å²) in [6.45, 7) is 0.351. The summed E-state index contributed by atoms with van der Waals surface area (Å²) in [6, 6.07) is 2.59. The van der Waals surface area contributed by atoms with E-state index >= 15 is 0 Å². The van der Waals surface area contributed by atoms with E-state index in [0.717, 1.165) is 0 Å². The Hall–Kier alpha value is -0.300. The summed E-state index contributed by atoms with van der Waals surface area (Å²) in [5.41, 5.74) is 11.5. The Labute approximate surface area is 133 Å². The zero-order valence-corrected chi connectivity index (χ0v) is 13.0. The van der Waals surface area contributed by atoms with Crippen molar-refractivity contribution >= 4 is 53.7 Å². The molecule has 0 aliphatic rings. The Morgan fingerprint density at radius 2 is 1.89 bits per heavy atom. The van der Waals surface area contributed by atoms with Gasteiger partial charge in [-0.15, -0.1) is 24.8 Å². The van der Waals surface area contributed by atoms with Gasteiger partial charge in [0.05, 0.1) is 4.92 Å². The van der Waals surface area contributed by atoms with Crippen molar-refractivity contribution in [2.24, 2.45) is 11.5 Å². The van der Waals surface area contributed by atoms with Gasteiger partial charge < -0.3 is 11.5 Å². The van der Waals surface area contributed by atoms with Gasteiger partial charge in [0.2, 0.25) is 0 Å². The molecule has 0 aliphatic heterocycles. The van der Waals surface area contributed by atoms with Gasteiger partial charge >= 0.3 is 0 Å². The average Bonchev–Trinajstić information content (AvgIpc) is 2.27. The first-order valence-electron chi connectivity index (χ1n) is 5.04. The largest absolute Gasteiger partial charge is 0.329 e. The Kier molecular flexibility index (Phi) is 10.6. The zero-order chi connectivity index (χ0) is 13.0. The van der Waals surface area contributed by atoms with Crippen molar-refractivity contribution in [2.75, 3.05) is 6.54 Å². The molecule has 1 unspecified atom stereocenters. The van der Waals surface area contributed by atoms with Gasteiger partial charge in [0.25, 0.3) is 5.69 Å². The third-order valence-electron chi connectivity index (χ3n) is 2.43. The van der Waals surface area contributed by atoms with E-state index in [-0.39, 0.29) is 41.6 Å². The third kappa shape index (κ3) is 5.69. The predicted octanol–water partition coefficient (Wildman–Crippen LogP) is 2.96. The molecule has 0 spiro atoms. The van der Waals surface area contributed by atoms with E-state index < -0.39 is 4.92 Å². The van der Waals surface area contributed by atoms with Crippen LogP contribution in [0.4, 0.5) is 5.69 Å². The number of hydrogen-bond donors (Lipinski definition) is 2. The van der Waals surface area contributed by atoms with Crippen LogP contribution in [0.2, 0.25) is 10.0 Å². The number of hydrogen-bond acceptors (Lipinski definition) is 4. The van der Waals surface area contributed by atoms with Crippen LogP contribution >= 0.6 is 48.0 Å². The molecule has 0 aromatic heterocycles. The van der Waals surface area contributed by atoms with E-state index in [0.29, 0.717) is 30.0 Å². The minimum absolute atomic E-state index is 0. The number of benzene rings is 1. The lowest BCUT2D eigenvalue weighted by Gasteiger charge is -2.10. The normalized spacial score (nSPS) is 11.2. The minimum atomic E-state index is -0.537. The number of nitrogens with two attached hydrogens (primary N) is 2. The van der Waals surface area contributed by atoms with Gasteiger partial charge in [0.15, 0.2) is 0 Å². The third-order valence-corrected chi connectivity index (χ3v) is 3.21. The maximum absolute atomic E-state index is 10.7. The summed E-state index contributed by atoms with van der Waals surface area (Å²) in [4.78, 5) is 10.2. The molecule has 0 heterocycles. The highest BCUT2D eigenvalue weighted by Gasteiger charge is 2.18. The van der Waals surface area contributed by atoms with Gasteiger partial charge in [-0.05, 0) is 24.5 Å². The Morgan fingerprint density at radius 3 is 2.37 bits per heavy atom. The van der Waals surface area contributed by atoms with Gasteiger partial charge in [-0.1, -0.05) is 23.2 Å². The van der Waals surface area contributed by atoms with Crippen LogP contribution in [0.3, 0.4) is 0 Å². The van der Waals surface area contributed by atoms with E-state index in [1.807, 2.05) is 0 Å². The van der Waals surface area contributed by atoms with Crippen LogP contribution in [0, 0.1) is 10.1 Å². The average molecular weight is 351 g/mol. The van der Waals surface area contributed by atoms with E-state index in [1.54, 1.807) is 0 Å². The molecule has 0 radical (unpaired) electrons. The van der Waals surface area contributed by atoms with Crippen LogP contribution in [0.1, 0.15) is 12.0 Å². The lowest BCUT2D eigenvalue weighted by molar-refractivity contribution is -0.384. The number of nitro groups is 1. The number of rotatable bonds is 5. The van der Waals surface area contributed by atoms with Gasteiger partial charge in [-0.25, -0.2) is 0 Å². The fraction of sp³-hybridized carbons (Fsp3) is 0.400. The molecule has 1 aromatic carbocycles. The number of nitrogens with zero attached hydrogens (tertiary/aromatic N) is 1. The van der Waals surface area contributed by atoms with Crippen molar-refractivity contribution in [2.45, 2.75) is 18.9 Å². The molecule has 110 valence electrons. The molecule has 1 atom stereocenters. The Bertz CT molecular complexity index is 431. The molecule has 0 bridgehead atoms. The molecule has 9 heteroatoms. The molecular formula is C10H15Cl4N3O2. The molecule has 19 heavy (non-hydrogen) atoms. The van der Waals surface area contributed by atoms with Crippen molar-refractivity contribution in [3.05, 3.63) is 37.9 Å². The lowest BCUT2D eigenvalue weighted by Crippen LogP contribution is -2.30. The van der Waals surface area contributed by atoms with Crippen LogP contribution in [0.25, 0.3) is 0 Å². The van der Waals surface area contributed by atoms with Crippen LogP contribution in [0.15, 0.2) is 12.1 Å². The number of halogens is 4. The maximum atomic E-state index is 10.7. The van der Waals surface area contributed by atoms with E-state index in [4.69, 9.17) is 34.7 Å². The highest BCUT2D eigenvalue weighted by atomic mass is 35.5. The number of nitro benzene ring substituents is 1. The standard InChI is InChI=1S/C10H13Cl2N3O2.2ClH/c11-8-3-4-9(15(16)17)10(12)7(8)2-1-6(14)5-13;;/h3-4,6H,1-2,5,13-14H2;2*1H. The van der Waals surface area contributed by atoms with Gasteiger partial charge in [0, 0.05) is 23.7 Å². The first-order chi connectivity index (χ1) is 7.97. The fourth-order valence-corrected chi connectivity index (χ4v) is 2.03. The summed E-state index contributed by atoms with van der Waals surface area (Å²) in [5.74, 6) is 0. The second-order valence-electron chi connectivity index (χ2n) is 3.65. The quantitative estimate of drug-likeness (QED) is 0.630. The van der Waals surface area contributed by atoms with Crippen molar-refractivity contribution in [1.29, 1.82) is 0 Å². The van der Waals surface area contributed by atoms with E-state index in [1.165, 1.54) is 12.1 Å². The molecule has 0 amide bonds. The first kappa shape index (κ1) is 21.0. The molecule has 0 saturated carbocycles. The molecule has 0 saturated heterocycles. The molecule has 1 rings (SSSR count). The van der Waals surface area contributed by atoms with Crippen LogP contribution < -0.4 is 11.5 Å². The zero-order valence-electron chi connectivity index (χ0n) is 9.84. The van der Waals surface area contributed by atoms with Crippen molar-refractivity contribution in [1.82, 2.24) is 0 Å². The monoisotopic (exact) mass is 349 g/mol. The maximum Gasteiger partial charge on any atom is 0.288 e. The molecular weight excluding hydrogens is 336 g/mol. The van der Waals surface area contributed by atoms with E-state index in [2.05, 4.69) is 0 Å². The van der Waals surface area contributed by atoms with Crippen LogP contribution in [-0.2, 0) is 6.42 Å². The lowest BCUT2D eigenvalue weighted by atomic mass is 10.0. The topological polar surface area (TPSA) is 95.2 Å². The van der Waals surface area contributed by atoms with Crippen molar-refractivity contribution in [3.63, 3.8) is 0 Å². The van der Waals surface area contributed by atoms with E-state index in [9.17, 15) is 10.1 Å². The predicted molar refractivity (Wildman–Crippen MR) is 83.0 cm³/mol. The van der Waals surface area contributed by atoms with Crippen molar-refractivity contribution in [3.8, 4) is 0 Å². The molecule has 1 aromatic rings. The smallest absolute Gasteiger partial charge is 0.288 e. The summed E-state index contributed by atoms with van der Waals surface area (Å²) in [7, 11) is 0. The summed E-state index contributed by atoms with van der Waals surface area (Å²) in [5, 5.41) is 11.2. The molecule has 0 fully saturated rings. The molecule has 4 N–H and O–H groups in total. The minimum Gasteiger partial charge on any atom is -0.329 e. The van der Waals surface area contributed by atoms with Gasteiger partial charge in [0.1, 0.15) is 5.02 Å².